The van der Waals surface area contributed by atoms with Crippen LogP contribution in [0.4, 0.5) is 0 Å². The highest BCUT2D eigenvalue weighted by Crippen LogP contribution is 2.65. The van der Waals surface area contributed by atoms with E-state index in [1.165, 1.54) is 0 Å². The van der Waals surface area contributed by atoms with Gasteiger partial charge in [-0.2, -0.15) is 0 Å². The van der Waals surface area contributed by atoms with Crippen LogP contribution in [0.1, 0.15) is 54.4 Å². The zero-order chi connectivity index (χ0) is 26.5. The summed E-state index contributed by atoms with van der Waals surface area (Å²) in [6, 6.07) is -1.47. The number of amides is 3. The Hall–Kier alpha value is -2.19. The Bertz CT molecular complexity index is 894. The van der Waals surface area contributed by atoms with Crippen LogP contribution in [-0.2, 0) is 19.1 Å². The maximum atomic E-state index is 14.3. The third-order valence-corrected chi connectivity index (χ3v) is 8.49. The standard InChI is InChI=1S/C27H43N3O5/c1-10-13-28(9)22(32)19-20-23(33)30(18(12-3)16-31)21(24(34)29(14-11-2)25(5,6)7)27(20)15-17(4)26(19,8)35-27/h10-11,17-21,31H,1-2,12-16H2,3-9H3/t17?,18-,19+,20-,21?,26-,27?/m0/s1. The van der Waals surface area contributed by atoms with Crippen LogP contribution in [0.5, 0.6) is 0 Å². The second-order valence-corrected chi connectivity index (χ2v) is 11.6. The molecule has 0 aromatic carbocycles. The van der Waals surface area contributed by atoms with Crippen LogP contribution in [0.15, 0.2) is 25.3 Å². The van der Waals surface area contributed by atoms with Crippen molar-refractivity contribution in [1.82, 2.24) is 14.7 Å². The van der Waals surface area contributed by atoms with Gasteiger partial charge in [0.1, 0.15) is 11.6 Å². The molecular formula is C27H43N3O5. The average molecular weight is 490 g/mol. The fourth-order valence-electron chi connectivity index (χ4n) is 6.63. The first-order valence-corrected chi connectivity index (χ1v) is 12.7. The van der Waals surface area contributed by atoms with Gasteiger partial charge in [0, 0.05) is 25.7 Å². The molecule has 1 spiro atoms. The molecule has 3 aliphatic heterocycles. The second kappa shape index (κ2) is 9.36. The zero-order valence-electron chi connectivity index (χ0n) is 22.4. The van der Waals surface area contributed by atoms with Crippen LogP contribution in [0.2, 0.25) is 0 Å². The summed E-state index contributed by atoms with van der Waals surface area (Å²) >= 11 is 0. The molecule has 196 valence electrons. The maximum absolute atomic E-state index is 14.3. The number of ether oxygens (including phenoxy) is 1. The van der Waals surface area contributed by atoms with Gasteiger partial charge in [-0.1, -0.05) is 26.0 Å². The molecule has 3 saturated heterocycles. The molecule has 8 heteroatoms. The maximum Gasteiger partial charge on any atom is 0.249 e. The molecule has 3 fully saturated rings. The Morgan fingerprint density at radius 2 is 1.86 bits per heavy atom. The van der Waals surface area contributed by atoms with Crippen LogP contribution in [0, 0.1) is 17.8 Å². The number of carbonyl (C=O) groups is 3. The van der Waals surface area contributed by atoms with E-state index in [1.54, 1.807) is 33.9 Å². The minimum Gasteiger partial charge on any atom is -0.394 e. The van der Waals surface area contributed by atoms with Crippen LogP contribution in [-0.4, -0.2) is 93.1 Å². The first-order valence-electron chi connectivity index (χ1n) is 12.7. The molecule has 3 heterocycles. The lowest BCUT2D eigenvalue weighted by atomic mass is 9.62. The van der Waals surface area contributed by atoms with E-state index in [0.717, 1.165) is 0 Å². The van der Waals surface area contributed by atoms with E-state index < -0.39 is 40.7 Å². The van der Waals surface area contributed by atoms with E-state index in [4.69, 9.17) is 4.74 Å². The Labute approximate surface area is 210 Å². The zero-order valence-corrected chi connectivity index (χ0v) is 22.4. The van der Waals surface area contributed by atoms with Crippen molar-refractivity contribution in [3.8, 4) is 0 Å². The van der Waals surface area contributed by atoms with Crippen molar-refractivity contribution in [3.63, 3.8) is 0 Å². The van der Waals surface area contributed by atoms with Crippen LogP contribution in [0.3, 0.4) is 0 Å². The lowest BCUT2D eigenvalue weighted by Gasteiger charge is -2.43. The van der Waals surface area contributed by atoms with Gasteiger partial charge in [-0.3, -0.25) is 14.4 Å². The Balaban J connectivity index is 2.21. The minimum absolute atomic E-state index is 0.0374. The quantitative estimate of drug-likeness (QED) is 0.502. The summed E-state index contributed by atoms with van der Waals surface area (Å²) in [5.41, 5.74) is -2.53. The molecule has 7 atom stereocenters. The van der Waals surface area contributed by atoms with Crippen molar-refractivity contribution in [2.75, 3.05) is 26.7 Å². The normalized spacial score (nSPS) is 34.5. The van der Waals surface area contributed by atoms with Gasteiger partial charge in [-0.25, -0.2) is 0 Å². The summed E-state index contributed by atoms with van der Waals surface area (Å²) in [6.07, 6.45) is 4.30. The van der Waals surface area contributed by atoms with E-state index >= 15 is 0 Å². The molecule has 8 nitrogen and oxygen atoms in total. The largest absolute Gasteiger partial charge is 0.394 e. The number of fused-ring (bicyclic) bond motifs is 1. The molecule has 2 bridgehead atoms. The number of hydrogen-bond donors (Lipinski definition) is 1. The minimum atomic E-state index is -1.13. The first kappa shape index (κ1) is 27.4. The van der Waals surface area contributed by atoms with E-state index in [2.05, 4.69) is 13.2 Å². The molecule has 3 rings (SSSR count). The van der Waals surface area contributed by atoms with Gasteiger partial charge < -0.3 is 24.5 Å². The number of likely N-dealkylation sites (N-methyl/N-ethyl adjacent to an activating group) is 1. The van der Waals surface area contributed by atoms with Crippen molar-refractivity contribution >= 4 is 17.7 Å². The van der Waals surface area contributed by atoms with Gasteiger partial charge >= 0.3 is 0 Å². The molecule has 0 radical (unpaired) electrons. The number of hydrogen-bond acceptors (Lipinski definition) is 5. The topological polar surface area (TPSA) is 90.4 Å². The molecule has 3 aliphatic rings. The van der Waals surface area contributed by atoms with E-state index in [-0.39, 0.29) is 30.2 Å². The van der Waals surface area contributed by atoms with Crippen molar-refractivity contribution in [3.05, 3.63) is 25.3 Å². The van der Waals surface area contributed by atoms with Gasteiger partial charge in [0.2, 0.25) is 17.7 Å². The van der Waals surface area contributed by atoms with Crippen LogP contribution >= 0.6 is 0 Å². The predicted molar refractivity (Wildman–Crippen MR) is 134 cm³/mol. The van der Waals surface area contributed by atoms with Crippen molar-refractivity contribution in [2.45, 2.75) is 83.2 Å². The monoisotopic (exact) mass is 489 g/mol. The summed E-state index contributed by atoms with van der Waals surface area (Å²) in [6.45, 7) is 19.6. The van der Waals surface area contributed by atoms with E-state index in [9.17, 15) is 19.5 Å². The van der Waals surface area contributed by atoms with Crippen LogP contribution < -0.4 is 0 Å². The van der Waals surface area contributed by atoms with Crippen molar-refractivity contribution in [1.29, 1.82) is 0 Å². The number of nitrogens with zero attached hydrogens (tertiary/aromatic N) is 3. The number of aliphatic hydroxyl groups excluding tert-OH is 1. The average Bonchev–Trinajstić information content (AvgIpc) is 3.29. The molecule has 0 saturated carbocycles. The fraction of sp³-hybridized carbons (Fsp3) is 0.741. The lowest BCUT2D eigenvalue weighted by molar-refractivity contribution is -0.159. The molecule has 3 unspecified atom stereocenters. The van der Waals surface area contributed by atoms with Gasteiger partial charge in [0.15, 0.2) is 0 Å². The molecule has 0 aromatic rings. The summed E-state index contributed by atoms with van der Waals surface area (Å²) in [7, 11) is 1.70. The second-order valence-electron chi connectivity index (χ2n) is 11.6. The predicted octanol–water partition coefficient (Wildman–Crippen LogP) is 2.23. The van der Waals surface area contributed by atoms with Gasteiger partial charge in [0.25, 0.3) is 0 Å². The smallest absolute Gasteiger partial charge is 0.249 e. The molecule has 1 N–H and O–H groups in total. The van der Waals surface area contributed by atoms with Crippen molar-refractivity contribution < 1.29 is 24.2 Å². The molecule has 0 aromatic heterocycles. The fourth-order valence-corrected chi connectivity index (χ4v) is 6.63. The summed E-state index contributed by atoms with van der Waals surface area (Å²) in [4.78, 5) is 47.1. The summed E-state index contributed by atoms with van der Waals surface area (Å²) in [5.74, 6) is -2.24. The Morgan fingerprint density at radius 1 is 1.26 bits per heavy atom. The third-order valence-electron chi connectivity index (χ3n) is 8.49. The third kappa shape index (κ3) is 3.93. The molecule has 35 heavy (non-hydrogen) atoms. The van der Waals surface area contributed by atoms with Gasteiger partial charge in [-0.05, 0) is 46.5 Å². The van der Waals surface area contributed by atoms with Gasteiger partial charge in [-0.15, -0.1) is 13.2 Å². The Morgan fingerprint density at radius 3 is 2.34 bits per heavy atom. The highest BCUT2D eigenvalue weighted by Gasteiger charge is 2.80. The number of likely N-dealkylation sites (tertiary alicyclic amines) is 1. The van der Waals surface area contributed by atoms with E-state index in [1.807, 2.05) is 41.5 Å². The molecular weight excluding hydrogens is 446 g/mol. The number of rotatable bonds is 9. The lowest BCUT2D eigenvalue weighted by Crippen LogP contribution is -2.61. The van der Waals surface area contributed by atoms with E-state index in [0.29, 0.717) is 25.9 Å². The van der Waals surface area contributed by atoms with Crippen LogP contribution in [0.25, 0.3) is 0 Å². The summed E-state index contributed by atoms with van der Waals surface area (Å²) in [5, 5.41) is 10.2. The Kier molecular flexibility index (Phi) is 7.32. The molecule has 0 aliphatic carbocycles. The van der Waals surface area contributed by atoms with Crippen molar-refractivity contribution in [2.24, 2.45) is 17.8 Å². The highest BCUT2D eigenvalue weighted by atomic mass is 16.5. The first-order chi connectivity index (χ1) is 16.3. The summed E-state index contributed by atoms with van der Waals surface area (Å²) < 4.78 is 6.77. The molecule has 3 amide bonds. The highest BCUT2D eigenvalue weighted by molar-refractivity contribution is 5.99. The SMILES string of the molecule is C=CCN(C)C(=O)[C@H]1[C@H]2C(=O)N([C@@H](CC)CO)C(C(=O)N(CC=C)C(C)(C)C)C23CC(C)[C@]1(C)O3. The number of aliphatic hydroxyl groups is 1. The number of carbonyl (C=O) groups excluding carboxylic acids is 3. The van der Waals surface area contributed by atoms with Gasteiger partial charge in [0.05, 0.1) is 30.1 Å².